The van der Waals surface area contributed by atoms with Gasteiger partial charge in [-0.2, -0.15) is 0 Å². The van der Waals surface area contributed by atoms with Gasteiger partial charge in [0.2, 0.25) is 0 Å². The van der Waals surface area contributed by atoms with E-state index in [1.807, 2.05) is 37.3 Å². The molecule has 0 radical (unpaired) electrons. The predicted octanol–water partition coefficient (Wildman–Crippen LogP) is 1.68. The average Bonchev–Trinajstić information content (AvgIpc) is 2.58. The summed E-state index contributed by atoms with van der Waals surface area (Å²) in [5.74, 6) is 0.0800. The van der Waals surface area contributed by atoms with Crippen LogP contribution in [0.15, 0.2) is 30.3 Å². The van der Waals surface area contributed by atoms with E-state index in [2.05, 4.69) is 5.32 Å². The van der Waals surface area contributed by atoms with Crippen molar-refractivity contribution in [1.29, 1.82) is 0 Å². The van der Waals surface area contributed by atoms with Crippen LogP contribution in [0.4, 0.5) is 0 Å². The molecule has 1 aliphatic heterocycles. The SMILES string of the molecule is CCC1NC(=S)N(Cc2ccccc2)C1=O. The fraction of sp³-hybridized carbons (Fsp3) is 0.333. The Morgan fingerprint density at radius 2 is 2.06 bits per heavy atom. The number of rotatable bonds is 3. The zero-order valence-corrected chi connectivity index (χ0v) is 9.96. The highest BCUT2D eigenvalue weighted by Crippen LogP contribution is 2.13. The highest BCUT2D eigenvalue weighted by atomic mass is 32.1. The van der Waals surface area contributed by atoms with Crippen molar-refractivity contribution in [3.8, 4) is 0 Å². The molecule has 4 heteroatoms. The molecule has 1 atom stereocenters. The van der Waals surface area contributed by atoms with Crippen LogP contribution in [0.3, 0.4) is 0 Å². The summed E-state index contributed by atoms with van der Waals surface area (Å²) in [6.07, 6.45) is 0.768. The van der Waals surface area contributed by atoms with E-state index < -0.39 is 0 Å². The Morgan fingerprint density at radius 1 is 1.38 bits per heavy atom. The van der Waals surface area contributed by atoms with Crippen LogP contribution >= 0.6 is 12.2 Å². The van der Waals surface area contributed by atoms with Crippen molar-refractivity contribution in [1.82, 2.24) is 10.2 Å². The predicted molar refractivity (Wildman–Crippen MR) is 66.8 cm³/mol. The summed E-state index contributed by atoms with van der Waals surface area (Å²) < 4.78 is 0. The van der Waals surface area contributed by atoms with E-state index in [0.29, 0.717) is 11.7 Å². The van der Waals surface area contributed by atoms with Crippen molar-refractivity contribution in [2.24, 2.45) is 0 Å². The summed E-state index contributed by atoms with van der Waals surface area (Å²) in [6, 6.07) is 9.73. The molecule has 3 nitrogen and oxygen atoms in total. The fourth-order valence-corrected chi connectivity index (χ4v) is 2.07. The minimum atomic E-state index is -0.142. The number of benzene rings is 1. The molecule has 0 bridgehead atoms. The topological polar surface area (TPSA) is 32.3 Å². The van der Waals surface area contributed by atoms with Gasteiger partial charge < -0.3 is 5.32 Å². The Kier molecular flexibility index (Phi) is 3.19. The van der Waals surface area contributed by atoms with Crippen LogP contribution in [0.1, 0.15) is 18.9 Å². The number of carbonyl (C=O) groups excluding carboxylic acids is 1. The quantitative estimate of drug-likeness (QED) is 0.808. The van der Waals surface area contributed by atoms with E-state index in [-0.39, 0.29) is 11.9 Å². The third-order valence-electron chi connectivity index (χ3n) is 2.70. The van der Waals surface area contributed by atoms with Crippen molar-refractivity contribution >= 4 is 23.2 Å². The van der Waals surface area contributed by atoms with Crippen molar-refractivity contribution < 1.29 is 4.79 Å². The number of carbonyl (C=O) groups is 1. The molecule has 1 amide bonds. The summed E-state index contributed by atoms with van der Waals surface area (Å²) in [4.78, 5) is 13.6. The number of nitrogens with zero attached hydrogens (tertiary/aromatic N) is 1. The number of thiocarbonyl (C=S) groups is 1. The van der Waals surface area contributed by atoms with Crippen molar-refractivity contribution in [2.75, 3.05) is 0 Å². The van der Waals surface area contributed by atoms with Gasteiger partial charge in [0.15, 0.2) is 5.11 Å². The number of amides is 1. The van der Waals surface area contributed by atoms with Crippen LogP contribution in [-0.2, 0) is 11.3 Å². The smallest absolute Gasteiger partial charge is 0.251 e. The molecule has 1 unspecified atom stereocenters. The zero-order chi connectivity index (χ0) is 11.5. The number of nitrogens with one attached hydrogen (secondary N) is 1. The molecule has 1 fully saturated rings. The summed E-state index contributed by atoms with van der Waals surface area (Å²) >= 11 is 5.15. The Morgan fingerprint density at radius 3 is 2.62 bits per heavy atom. The number of hydrogen-bond donors (Lipinski definition) is 1. The molecular weight excluding hydrogens is 220 g/mol. The molecule has 1 saturated heterocycles. The third-order valence-corrected chi connectivity index (χ3v) is 3.04. The maximum absolute atomic E-state index is 11.9. The monoisotopic (exact) mass is 234 g/mol. The molecule has 0 spiro atoms. The normalized spacial score (nSPS) is 20.1. The van der Waals surface area contributed by atoms with Gasteiger partial charge in [-0.25, -0.2) is 0 Å². The van der Waals surface area contributed by atoms with Crippen LogP contribution in [0, 0.1) is 0 Å². The molecule has 0 aromatic heterocycles. The highest BCUT2D eigenvalue weighted by Gasteiger charge is 2.33. The molecule has 1 aromatic rings. The first-order valence-electron chi connectivity index (χ1n) is 5.38. The second-order valence-electron chi connectivity index (χ2n) is 3.82. The van der Waals surface area contributed by atoms with Crippen LogP contribution in [0.25, 0.3) is 0 Å². The van der Waals surface area contributed by atoms with Crippen molar-refractivity contribution in [3.05, 3.63) is 35.9 Å². The lowest BCUT2D eigenvalue weighted by molar-refractivity contribution is -0.127. The van der Waals surface area contributed by atoms with E-state index in [4.69, 9.17) is 12.2 Å². The first kappa shape index (κ1) is 11.1. The second kappa shape index (κ2) is 4.61. The second-order valence-corrected chi connectivity index (χ2v) is 4.21. The maximum atomic E-state index is 11.9. The van der Waals surface area contributed by atoms with Gasteiger partial charge >= 0.3 is 0 Å². The standard InChI is InChI=1S/C12H14N2OS/c1-2-10-11(15)14(12(16)13-10)8-9-6-4-3-5-7-9/h3-7,10H,2,8H2,1H3,(H,13,16). The van der Waals surface area contributed by atoms with Gasteiger partial charge in [-0.05, 0) is 24.2 Å². The fourth-order valence-electron chi connectivity index (χ4n) is 1.77. The number of hydrogen-bond acceptors (Lipinski definition) is 2. The lowest BCUT2D eigenvalue weighted by Crippen LogP contribution is -2.30. The van der Waals surface area contributed by atoms with Crippen LogP contribution in [0.5, 0.6) is 0 Å². The molecule has 84 valence electrons. The average molecular weight is 234 g/mol. The highest BCUT2D eigenvalue weighted by molar-refractivity contribution is 7.80. The van der Waals surface area contributed by atoms with Gasteiger partial charge in [0.1, 0.15) is 6.04 Å². The molecule has 1 aromatic carbocycles. The molecule has 2 rings (SSSR count). The zero-order valence-electron chi connectivity index (χ0n) is 9.14. The van der Waals surface area contributed by atoms with Crippen LogP contribution in [0.2, 0.25) is 0 Å². The maximum Gasteiger partial charge on any atom is 0.251 e. The van der Waals surface area contributed by atoms with Gasteiger partial charge in [-0.15, -0.1) is 0 Å². The van der Waals surface area contributed by atoms with Crippen molar-refractivity contribution in [2.45, 2.75) is 25.9 Å². The summed E-state index contributed by atoms with van der Waals surface area (Å²) in [5, 5.41) is 3.57. The summed E-state index contributed by atoms with van der Waals surface area (Å²) in [5.41, 5.74) is 1.09. The summed E-state index contributed by atoms with van der Waals surface area (Å²) in [7, 11) is 0. The molecule has 0 saturated carbocycles. The van der Waals surface area contributed by atoms with Crippen LogP contribution < -0.4 is 5.32 Å². The molecule has 1 heterocycles. The van der Waals surface area contributed by atoms with Gasteiger partial charge in [0, 0.05) is 0 Å². The van der Waals surface area contributed by atoms with E-state index in [1.54, 1.807) is 4.90 Å². The first-order chi connectivity index (χ1) is 7.72. The molecule has 1 aliphatic rings. The Labute approximate surface area is 100 Å². The van der Waals surface area contributed by atoms with E-state index in [9.17, 15) is 4.79 Å². The minimum absolute atomic E-state index is 0.0800. The van der Waals surface area contributed by atoms with Gasteiger partial charge in [-0.1, -0.05) is 37.3 Å². The van der Waals surface area contributed by atoms with E-state index in [0.717, 1.165) is 12.0 Å². The Bertz CT molecular complexity index is 405. The van der Waals surface area contributed by atoms with Crippen LogP contribution in [-0.4, -0.2) is 22.0 Å². The lowest BCUT2D eigenvalue weighted by Gasteiger charge is -2.14. The van der Waals surface area contributed by atoms with Gasteiger partial charge in [0.25, 0.3) is 5.91 Å². The Balaban J connectivity index is 2.11. The largest absolute Gasteiger partial charge is 0.350 e. The molecule has 16 heavy (non-hydrogen) atoms. The summed E-state index contributed by atoms with van der Waals surface area (Å²) in [6.45, 7) is 2.53. The molecular formula is C12H14N2OS. The van der Waals surface area contributed by atoms with Crippen molar-refractivity contribution in [3.63, 3.8) is 0 Å². The first-order valence-corrected chi connectivity index (χ1v) is 5.79. The van der Waals surface area contributed by atoms with Gasteiger partial charge in [0.05, 0.1) is 6.54 Å². The lowest BCUT2D eigenvalue weighted by atomic mass is 10.2. The molecule has 0 aliphatic carbocycles. The van der Waals surface area contributed by atoms with Gasteiger partial charge in [-0.3, -0.25) is 9.69 Å². The Hall–Kier alpha value is -1.42. The molecule has 1 N–H and O–H groups in total. The third kappa shape index (κ3) is 2.07. The van der Waals surface area contributed by atoms with E-state index >= 15 is 0 Å². The minimum Gasteiger partial charge on any atom is -0.350 e. The van der Waals surface area contributed by atoms with E-state index in [1.165, 1.54) is 0 Å².